The van der Waals surface area contributed by atoms with Gasteiger partial charge in [0.2, 0.25) is 0 Å². The van der Waals surface area contributed by atoms with Gasteiger partial charge in [0.1, 0.15) is 0 Å². The first kappa shape index (κ1) is 15.3. The molecule has 1 aromatic heterocycles. The van der Waals surface area contributed by atoms with Gasteiger partial charge in [-0.25, -0.2) is 9.89 Å². The third-order valence-corrected chi connectivity index (χ3v) is 4.49. The Morgan fingerprint density at radius 3 is 2.95 bits per heavy atom. The summed E-state index contributed by atoms with van der Waals surface area (Å²) in [6.07, 6.45) is 0.901. The lowest BCUT2D eigenvalue weighted by molar-refractivity contribution is 0.604. The molecule has 0 spiro atoms. The summed E-state index contributed by atoms with van der Waals surface area (Å²) in [5.41, 5.74) is 1.05. The fourth-order valence-electron chi connectivity index (χ4n) is 1.83. The summed E-state index contributed by atoms with van der Waals surface area (Å²) in [5, 5.41) is 10.4. The first-order valence-corrected chi connectivity index (χ1v) is 8.02. The molecule has 1 aromatic carbocycles. The maximum atomic E-state index is 11.6. The zero-order valence-corrected chi connectivity index (χ0v) is 13.8. The second-order valence-electron chi connectivity index (χ2n) is 4.35. The predicted octanol–water partition coefficient (Wildman–Crippen LogP) is 2.61. The highest BCUT2D eigenvalue weighted by atomic mass is 79.9. The molecule has 0 aliphatic carbocycles. The van der Waals surface area contributed by atoms with Crippen molar-refractivity contribution in [2.24, 2.45) is 0 Å². The van der Waals surface area contributed by atoms with Crippen molar-refractivity contribution < 1.29 is 0 Å². The van der Waals surface area contributed by atoms with E-state index in [0.717, 1.165) is 22.3 Å². The number of nitrogens with one attached hydrogen (secondary N) is 2. The third-order valence-electron chi connectivity index (χ3n) is 2.77. The first-order valence-electron chi connectivity index (χ1n) is 6.41. The lowest BCUT2D eigenvalue weighted by Gasteiger charge is -2.07. The quantitative estimate of drug-likeness (QED) is 0.834. The van der Waals surface area contributed by atoms with Gasteiger partial charge in [-0.1, -0.05) is 28.9 Å². The second-order valence-corrected chi connectivity index (χ2v) is 6.24. The largest absolute Gasteiger partial charge is 0.343 e. The summed E-state index contributed by atoms with van der Waals surface area (Å²) < 4.78 is 2.72. The van der Waals surface area contributed by atoms with E-state index in [1.807, 2.05) is 26.1 Å². The zero-order valence-electron chi connectivity index (χ0n) is 11.4. The van der Waals surface area contributed by atoms with Crippen LogP contribution in [0.15, 0.2) is 37.5 Å². The Balaban J connectivity index is 2.22. The number of aromatic amines is 1. The molecule has 0 aliphatic heterocycles. The molecule has 2 aromatic rings. The first-order chi connectivity index (χ1) is 9.65. The molecule has 108 valence electrons. The number of H-pyrrole nitrogens is 1. The molecule has 0 saturated heterocycles. The summed E-state index contributed by atoms with van der Waals surface area (Å²) in [5.74, 6) is 0. The fraction of sp³-hybridized carbons (Fsp3) is 0.385. The van der Waals surface area contributed by atoms with E-state index in [2.05, 4.69) is 37.5 Å². The van der Waals surface area contributed by atoms with Crippen LogP contribution in [0.3, 0.4) is 0 Å². The smallest absolute Gasteiger partial charge is 0.316 e. The van der Waals surface area contributed by atoms with Crippen LogP contribution in [0.5, 0.6) is 0 Å². The Hall–Kier alpha value is -1.05. The van der Waals surface area contributed by atoms with E-state index < -0.39 is 0 Å². The lowest BCUT2D eigenvalue weighted by Crippen LogP contribution is -2.17. The average Bonchev–Trinajstić information content (AvgIpc) is 2.75. The maximum Gasteiger partial charge on any atom is 0.343 e. The Morgan fingerprint density at radius 1 is 1.50 bits per heavy atom. The molecule has 0 amide bonds. The Kier molecular flexibility index (Phi) is 5.45. The van der Waals surface area contributed by atoms with Crippen molar-refractivity contribution in [1.29, 1.82) is 0 Å². The highest BCUT2D eigenvalue weighted by Crippen LogP contribution is 2.29. The van der Waals surface area contributed by atoms with E-state index in [0.29, 0.717) is 11.7 Å². The van der Waals surface area contributed by atoms with Crippen LogP contribution in [0.4, 0.5) is 0 Å². The minimum Gasteiger partial charge on any atom is -0.316 e. The summed E-state index contributed by atoms with van der Waals surface area (Å²) in [4.78, 5) is 12.7. The summed E-state index contributed by atoms with van der Waals surface area (Å²) in [6.45, 7) is 3.53. The molecule has 0 saturated carbocycles. The van der Waals surface area contributed by atoms with Gasteiger partial charge in [-0.2, -0.15) is 0 Å². The normalized spacial score (nSPS) is 10.9. The Morgan fingerprint density at radius 2 is 2.30 bits per heavy atom. The molecular weight excluding hydrogens is 340 g/mol. The Bertz CT molecular complexity index is 638. The molecule has 0 atom stereocenters. The molecule has 5 nitrogen and oxygen atoms in total. The van der Waals surface area contributed by atoms with Crippen LogP contribution in [-0.2, 0) is 13.1 Å². The van der Waals surface area contributed by atoms with Gasteiger partial charge in [0.05, 0.1) is 0 Å². The third kappa shape index (κ3) is 3.53. The summed E-state index contributed by atoms with van der Waals surface area (Å²) in [6, 6.07) is 6.15. The molecule has 0 unspecified atom stereocenters. The van der Waals surface area contributed by atoms with Gasteiger partial charge in [-0.3, -0.25) is 4.57 Å². The van der Waals surface area contributed by atoms with E-state index in [-0.39, 0.29) is 5.69 Å². The molecule has 0 aliphatic rings. The Labute approximate surface area is 130 Å². The highest BCUT2D eigenvalue weighted by Gasteiger charge is 2.10. The predicted molar refractivity (Wildman–Crippen MR) is 84.2 cm³/mol. The number of rotatable bonds is 6. The molecule has 1 heterocycles. The van der Waals surface area contributed by atoms with Gasteiger partial charge in [0.25, 0.3) is 0 Å². The molecule has 0 radical (unpaired) electrons. The molecule has 0 bridgehead atoms. The van der Waals surface area contributed by atoms with Crippen molar-refractivity contribution >= 4 is 27.7 Å². The van der Waals surface area contributed by atoms with Gasteiger partial charge >= 0.3 is 5.69 Å². The van der Waals surface area contributed by atoms with Crippen molar-refractivity contribution in [1.82, 2.24) is 20.1 Å². The van der Waals surface area contributed by atoms with Crippen molar-refractivity contribution in [3.63, 3.8) is 0 Å². The molecule has 20 heavy (non-hydrogen) atoms. The van der Waals surface area contributed by atoms with Crippen molar-refractivity contribution in [3.8, 4) is 0 Å². The van der Waals surface area contributed by atoms with E-state index in [9.17, 15) is 4.79 Å². The topological polar surface area (TPSA) is 62.7 Å². The monoisotopic (exact) mass is 356 g/mol. The van der Waals surface area contributed by atoms with Crippen LogP contribution in [0.1, 0.15) is 18.9 Å². The maximum absolute atomic E-state index is 11.6. The van der Waals surface area contributed by atoms with E-state index in [1.165, 1.54) is 17.3 Å². The zero-order chi connectivity index (χ0) is 14.5. The standard InChI is InChI=1S/C13H17BrN4OS/c1-3-6-18-12(19)16-17-13(18)20-10-5-4-9(8-15-2)11(14)7-10/h4-5,7,15H,3,6,8H2,1-2H3,(H,16,19). The highest BCUT2D eigenvalue weighted by molar-refractivity contribution is 9.10. The van der Waals surface area contributed by atoms with Crippen molar-refractivity contribution in [2.45, 2.75) is 36.5 Å². The SMILES string of the molecule is CCCn1c(Sc2ccc(CNC)c(Br)c2)n[nH]c1=O. The molecule has 2 N–H and O–H groups in total. The van der Waals surface area contributed by atoms with Crippen LogP contribution in [0, 0.1) is 0 Å². The molecule has 7 heteroatoms. The van der Waals surface area contributed by atoms with Crippen LogP contribution in [-0.4, -0.2) is 21.8 Å². The molecular formula is C13H17BrN4OS. The number of hydrogen-bond donors (Lipinski definition) is 2. The second kappa shape index (κ2) is 7.10. The van der Waals surface area contributed by atoms with Crippen LogP contribution < -0.4 is 11.0 Å². The van der Waals surface area contributed by atoms with Crippen molar-refractivity contribution in [2.75, 3.05) is 7.05 Å². The van der Waals surface area contributed by atoms with E-state index >= 15 is 0 Å². The minimum atomic E-state index is -0.153. The van der Waals surface area contributed by atoms with Gasteiger partial charge < -0.3 is 5.32 Å². The number of nitrogens with zero attached hydrogens (tertiary/aromatic N) is 2. The number of aromatic nitrogens is 3. The van der Waals surface area contributed by atoms with Gasteiger partial charge in [-0.05, 0) is 42.9 Å². The average molecular weight is 357 g/mol. The summed E-state index contributed by atoms with van der Waals surface area (Å²) >= 11 is 5.05. The number of halogens is 1. The fourth-order valence-corrected chi connectivity index (χ4v) is 3.40. The van der Waals surface area contributed by atoms with Crippen LogP contribution in [0.2, 0.25) is 0 Å². The van der Waals surface area contributed by atoms with Crippen molar-refractivity contribution in [3.05, 3.63) is 38.7 Å². The molecule has 0 fully saturated rings. The lowest BCUT2D eigenvalue weighted by atomic mass is 10.2. The van der Waals surface area contributed by atoms with E-state index in [1.54, 1.807) is 4.57 Å². The van der Waals surface area contributed by atoms with Crippen LogP contribution in [0.25, 0.3) is 0 Å². The van der Waals surface area contributed by atoms with E-state index in [4.69, 9.17) is 0 Å². The number of benzene rings is 1. The van der Waals surface area contributed by atoms with Gasteiger partial charge in [-0.15, -0.1) is 5.10 Å². The molecule has 2 rings (SSSR count). The van der Waals surface area contributed by atoms with Gasteiger partial charge in [0, 0.05) is 22.5 Å². The van der Waals surface area contributed by atoms with Gasteiger partial charge in [0.15, 0.2) is 5.16 Å². The number of hydrogen-bond acceptors (Lipinski definition) is 4. The summed E-state index contributed by atoms with van der Waals surface area (Å²) in [7, 11) is 1.92. The minimum absolute atomic E-state index is 0.153. The van der Waals surface area contributed by atoms with Crippen LogP contribution >= 0.6 is 27.7 Å².